The van der Waals surface area contributed by atoms with Gasteiger partial charge in [0, 0.05) is 13.3 Å². The van der Waals surface area contributed by atoms with Crippen LogP contribution in [0.2, 0.25) is 0 Å². The normalized spacial score (nSPS) is 19.3. The van der Waals surface area contributed by atoms with Crippen molar-refractivity contribution < 1.29 is 28.9 Å². The molecule has 1 rings (SSSR count). The Morgan fingerprint density at radius 2 is 1.71 bits per heavy atom. The highest BCUT2D eigenvalue weighted by molar-refractivity contribution is 5.69. The average Bonchev–Trinajstić information content (AvgIpc) is 3.50. The second-order valence-electron chi connectivity index (χ2n) is 7.82. The minimum Gasteiger partial charge on any atom is -0.462 e. The van der Waals surface area contributed by atoms with Gasteiger partial charge < -0.3 is 19.3 Å². The SMILES string of the molecule is CCCCCC1OC1C/C=C\C/C=C\C/C=C\CCCC(=O)O[C@@H](CO)COC(C)=O. The fraction of sp³-hybridized carbons (Fsp3) is 0.680. The minimum atomic E-state index is -0.796. The van der Waals surface area contributed by atoms with Gasteiger partial charge in [-0.15, -0.1) is 0 Å². The Balaban J connectivity index is 1.97. The van der Waals surface area contributed by atoms with Gasteiger partial charge in [-0.2, -0.15) is 0 Å². The molecule has 0 aromatic heterocycles. The first-order valence-corrected chi connectivity index (χ1v) is 11.6. The summed E-state index contributed by atoms with van der Waals surface area (Å²) in [7, 11) is 0. The maximum Gasteiger partial charge on any atom is 0.306 e. The van der Waals surface area contributed by atoms with E-state index >= 15 is 0 Å². The van der Waals surface area contributed by atoms with Crippen LogP contribution in [0, 0.1) is 0 Å². The predicted octanol–water partition coefficient (Wildman–Crippen LogP) is 4.81. The highest BCUT2D eigenvalue weighted by Gasteiger charge is 2.36. The highest BCUT2D eigenvalue weighted by atomic mass is 16.6. The lowest BCUT2D eigenvalue weighted by Gasteiger charge is -2.14. The number of unbranched alkanes of at least 4 members (excludes halogenated alkanes) is 3. The molecule has 1 N–H and O–H groups in total. The third-order valence-electron chi connectivity index (χ3n) is 4.92. The first kappa shape index (κ1) is 27.1. The molecular formula is C25H40O6. The summed E-state index contributed by atoms with van der Waals surface area (Å²) in [6.45, 7) is 3.01. The lowest BCUT2D eigenvalue weighted by Crippen LogP contribution is -2.28. The van der Waals surface area contributed by atoms with E-state index < -0.39 is 18.0 Å². The molecule has 0 aliphatic carbocycles. The zero-order valence-corrected chi connectivity index (χ0v) is 19.2. The van der Waals surface area contributed by atoms with Crippen molar-refractivity contribution in [2.24, 2.45) is 0 Å². The molecule has 2 unspecified atom stereocenters. The molecule has 0 saturated carbocycles. The van der Waals surface area contributed by atoms with Crippen LogP contribution in [-0.4, -0.2) is 48.6 Å². The van der Waals surface area contributed by atoms with Crippen molar-refractivity contribution in [2.45, 2.75) is 96.4 Å². The van der Waals surface area contributed by atoms with Gasteiger partial charge in [0.15, 0.2) is 6.10 Å². The smallest absolute Gasteiger partial charge is 0.306 e. The Kier molecular flexibility index (Phi) is 15.5. The van der Waals surface area contributed by atoms with Crippen LogP contribution in [0.25, 0.3) is 0 Å². The number of ether oxygens (including phenoxy) is 3. The van der Waals surface area contributed by atoms with Gasteiger partial charge in [-0.05, 0) is 38.5 Å². The van der Waals surface area contributed by atoms with Crippen molar-refractivity contribution in [1.29, 1.82) is 0 Å². The summed E-state index contributed by atoms with van der Waals surface area (Å²) in [4.78, 5) is 22.5. The van der Waals surface area contributed by atoms with Gasteiger partial charge in [0.1, 0.15) is 6.61 Å². The molecular weight excluding hydrogens is 396 g/mol. The van der Waals surface area contributed by atoms with E-state index in [1.807, 2.05) is 0 Å². The van der Waals surface area contributed by atoms with Crippen LogP contribution < -0.4 is 0 Å². The number of hydrogen-bond donors (Lipinski definition) is 1. The van der Waals surface area contributed by atoms with Crippen molar-refractivity contribution in [3.63, 3.8) is 0 Å². The number of esters is 2. The molecule has 6 nitrogen and oxygen atoms in total. The summed E-state index contributed by atoms with van der Waals surface area (Å²) in [5.41, 5.74) is 0. The molecule has 0 bridgehead atoms. The Bertz CT molecular complexity index is 581. The number of carbonyl (C=O) groups excluding carboxylic acids is 2. The van der Waals surface area contributed by atoms with Crippen LogP contribution in [0.1, 0.15) is 78.1 Å². The molecule has 176 valence electrons. The quantitative estimate of drug-likeness (QED) is 0.144. The largest absolute Gasteiger partial charge is 0.462 e. The third-order valence-corrected chi connectivity index (χ3v) is 4.92. The highest BCUT2D eigenvalue weighted by Crippen LogP contribution is 2.30. The van der Waals surface area contributed by atoms with Gasteiger partial charge in [0.05, 0.1) is 18.8 Å². The van der Waals surface area contributed by atoms with Crippen LogP contribution in [0.5, 0.6) is 0 Å². The number of allylic oxidation sites excluding steroid dienone is 5. The zero-order valence-electron chi connectivity index (χ0n) is 19.2. The van der Waals surface area contributed by atoms with E-state index in [1.165, 1.54) is 32.6 Å². The van der Waals surface area contributed by atoms with Gasteiger partial charge in [-0.25, -0.2) is 0 Å². The molecule has 0 radical (unpaired) electrons. The van der Waals surface area contributed by atoms with Crippen molar-refractivity contribution in [3.8, 4) is 0 Å². The molecule has 6 heteroatoms. The summed E-state index contributed by atoms with van der Waals surface area (Å²) < 4.78 is 15.5. The maximum atomic E-state index is 11.7. The van der Waals surface area contributed by atoms with Crippen molar-refractivity contribution in [1.82, 2.24) is 0 Å². The summed E-state index contributed by atoms with van der Waals surface area (Å²) in [6, 6.07) is 0. The Labute approximate surface area is 187 Å². The lowest BCUT2D eigenvalue weighted by atomic mass is 10.1. The van der Waals surface area contributed by atoms with Gasteiger partial charge in [0.2, 0.25) is 0 Å². The fourth-order valence-electron chi connectivity index (χ4n) is 3.07. The van der Waals surface area contributed by atoms with E-state index in [9.17, 15) is 9.59 Å². The van der Waals surface area contributed by atoms with E-state index in [4.69, 9.17) is 19.3 Å². The molecule has 0 aromatic carbocycles. The number of rotatable bonds is 18. The van der Waals surface area contributed by atoms with Gasteiger partial charge in [-0.3, -0.25) is 9.59 Å². The third kappa shape index (κ3) is 15.5. The zero-order chi connectivity index (χ0) is 22.7. The number of aliphatic hydroxyl groups is 1. The molecule has 0 aromatic rings. The molecule has 1 fully saturated rings. The summed E-state index contributed by atoms with van der Waals surface area (Å²) >= 11 is 0. The summed E-state index contributed by atoms with van der Waals surface area (Å²) in [6.07, 6.45) is 22.6. The van der Waals surface area contributed by atoms with E-state index in [-0.39, 0.29) is 19.6 Å². The number of hydrogen-bond acceptors (Lipinski definition) is 6. The van der Waals surface area contributed by atoms with E-state index in [0.717, 1.165) is 25.7 Å². The van der Waals surface area contributed by atoms with Gasteiger partial charge in [0.25, 0.3) is 0 Å². The maximum absolute atomic E-state index is 11.7. The topological polar surface area (TPSA) is 85.4 Å². The predicted molar refractivity (Wildman–Crippen MR) is 122 cm³/mol. The standard InChI is InChI=1S/C25H40O6/c1-3-4-13-16-23-24(31-23)17-14-11-9-7-5-6-8-10-12-15-18-25(28)30-22(19-26)20-29-21(2)27/h5,7-8,10-11,14,22-24,26H,3-4,6,9,12-13,15-20H2,1-2H3/b7-5-,10-8-,14-11-/t22-,23?,24?/m0/s1. The fourth-order valence-corrected chi connectivity index (χ4v) is 3.07. The van der Waals surface area contributed by atoms with Crippen LogP contribution in [-0.2, 0) is 23.8 Å². The molecule has 1 aliphatic heterocycles. The van der Waals surface area contributed by atoms with E-state index in [2.05, 4.69) is 43.4 Å². The minimum absolute atomic E-state index is 0.118. The van der Waals surface area contributed by atoms with Crippen LogP contribution in [0.3, 0.4) is 0 Å². The Hall–Kier alpha value is -1.92. The first-order valence-electron chi connectivity index (χ1n) is 11.6. The number of epoxide rings is 1. The molecule has 1 saturated heterocycles. The van der Waals surface area contributed by atoms with Crippen LogP contribution >= 0.6 is 0 Å². The lowest BCUT2D eigenvalue weighted by molar-refractivity contribution is -0.160. The molecule has 31 heavy (non-hydrogen) atoms. The number of aliphatic hydroxyl groups excluding tert-OH is 1. The number of carbonyl (C=O) groups is 2. The molecule has 1 aliphatic rings. The second-order valence-corrected chi connectivity index (χ2v) is 7.82. The molecule has 0 amide bonds. The monoisotopic (exact) mass is 436 g/mol. The molecule has 3 atom stereocenters. The van der Waals surface area contributed by atoms with E-state index in [0.29, 0.717) is 18.6 Å². The molecule has 1 heterocycles. The Morgan fingerprint density at radius 1 is 1.00 bits per heavy atom. The Morgan fingerprint density at radius 3 is 2.39 bits per heavy atom. The summed E-state index contributed by atoms with van der Waals surface area (Å²) in [5.74, 6) is -0.862. The first-order chi connectivity index (χ1) is 15.1. The van der Waals surface area contributed by atoms with Crippen LogP contribution in [0.4, 0.5) is 0 Å². The average molecular weight is 437 g/mol. The molecule has 0 spiro atoms. The van der Waals surface area contributed by atoms with Gasteiger partial charge in [-0.1, -0.05) is 62.6 Å². The van der Waals surface area contributed by atoms with Crippen molar-refractivity contribution in [3.05, 3.63) is 36.5 Å². The van der Waals surface area contributed by atoms with E-state index in [1.54, 1.807) is 0 Å². The second kappa shape index (κ2) is 17.7. The van der Waals surface area contributed by atoms with Gasteiger partial charge >= 0.3 is 11.9 Å². The summed E-state index contributed by atoms with van der Waals surface area (Å²) in [5, 5.41) is 9.13. The van der Waals surface area contributed by atoms with Crippen molar-refractivity contribution >= 4 is 11.9 Å². The van der Waals surface area contributed by atoms with Crippen LogP contribution in [0.15, 0.2) is 36.5 Å². The van der Waals surface area contributed by atoms with Crippen molar-refractivity contribution in [2.75, 3.05) is 13.2 Å².